The van der Waals surface area contributed by atoms with E-state index in [1.54, 1.807) is 4.90 Å². The molecule has 0 N–H and O–H groups in total. The van der Waals surface area contributed by atoms with E-state index in [-0.39, 0.29) is 12.5 Å². The largest absolute Gasteiger partial charge is 0.451 e. The molecular formula is C14H19NO3S. The molecule has 1 amide bonds. The maximum absolute atomic E-state index is 11.9. The van der Waals surface area contributed by atoms with Crippen LogP contribution in [0.4, 0.5) is 0 Å². The van der Waals surface area contributed by atoms with Gasteiger partial charge in [-0.3, -0.25) is 4.79 Å². The SMILES string of the molecule is C=C(C)CN(CC)C(=O)COC(=O)c1sccc1C. The number of carbonyl (C=O) groups is 2. The van der Waals surface area contributed by atoms with Crippen LogP contribution in [-0.2, 0) is 9.53 Å². The van der Waals surface area contributed by atoms with Gasteiger partial charge >= 0.3 is 5.97 Å². The first-order valence-corrected chi connectivity index (χ1v) is 6.97. The molecule has 0 aliphatic carbocycles. The number of likely N-dealkylation sites (N-methyl/N-ethyl adjacent to an activating group) is 1. The van der Waals surface area contributed by atoms with E-state index in [1.807, 2.05) is 32.2 Å². The second-order valence-electron chi connectivity index (χ2n) is 4.37. The third-order valence-electron chi connectivity index (χ3n) is 2.57. The van der Waals surface area contributed by atoms with Crippen molar-refractivity contribution < 1.29 is 14.3 Å². The van der Waals surface area contributed by atoms with Crippen molar-refractivity contribution in [1.82, 2.24) is 4.90 Å². The summed E-state index contributed by atoms with van der Waals surface area (Å²) in [6.45, 7) is 10.2. The average Bonchev–Trinajstić information content (AvgIpc) is 2.78. The molecule has 19 heavy (non-hydrogen) atoms. The lowest BCUT2D eigenvalue weighted by atomic mass is 10.3. The number of esters is 1. The van der Waals surface area contributed by atoms with E-state index < -0.39 is 5.97 Å². The number of ether oxygens (including phenoxy) is 1. The van der Waals surface area contributed by atoms with E-state index in [0.29, 0.717) is 18.0 Å². The maximum Gasteiger partial charge on any atom is 0.349 e. The van der Waals surface area contributed by atoms with E-state index >= 15 is 0 Å². The number of rotatable bonds is 6. The first-order valence-electron chi connectivity index (χ1n) is 6.09. The molecule has 0 radical (unpaired) electrons. The molecule has 1 rings (SSSR count). The fourth-order valence-corrected chi connectivity index (χ4v) is 2.39. The summed E-state index contributed by atoms with van der Waals surface area (Å²) in [5.74, 6) is -0.639. The van der Waals surface area contributed by atoms with Gasteiger partial charge in [-0.05, 0) is 37.8 Å². The third-order valence-corrected chi connectivity index (χ3v) is 3.57. The Morgan fingerprint density at radius 2 is 2.16 bits per heavy atom. The fraction of sp³-hybridized carbons (Fsp3) is 0.429. The number of carbonyl (C=O) groups excluding carboxylic acids is 2. The summed E-state index contributed by atoms with van der Waals surface area (Å²) in [7, 11) is 0. The van der Waals surface area contributed by atoms with Gasteiger partial charge in [-0.2, -0.15) is 0 Å². The zero-order chi connectivity index (χ0) is 14.4. The van der Waals surface area contributed by atoms with Crippen LogP contribution in [0.1, 0.15) is 29.1 Å². The molecule has 0 spiro atoms. The zero-order valence-corrected chi connectivity index (χ0v) is 12.4. The van der Waals surface area contributed by atoms with Gasteiger partial charge in [0.1, 0.15) is 4.88 Å². The predicted molar refractivity (Wildman–Crippen MR) is 76.4 cm³/mol. The predicted octanol–water partition coefficient (Wildman–Crippen LogP) is 2.64. The van der Waals surface area contributed by atoms with Gasteiger partial charge in [0.15, 0.2) is 6.61 Å². The van der Waals surface area contributed by atoms with Gasteiger partial charge in [-0.25, -0.2) is 4.79 Å². The molecule has 0 bridgehead atoms. The van der Waals surface area contributed by atoms with Crippen molar-refractivity contribution in [3.8, 4) is 0 Å². The molecule has 1 aromatic rings. The van der Waals surface area contributed by atoms with Gasteiger partial charge in [0.2, 0.25) is 0 Å². The van der Waals surface area contributed by atoms with E-state index in [0.717, 1.165) is 11.1 Å². The number of thiophene rings is 1. The molecular weight excluding hydrogens is 262 g/mol. The van der Waals surface area contributed by atoms with Crippen LogP contribution in [-0.4, -0.2) is 36.5 Å². The molecule has 1 heterocycles. The van der Waals surface area contributed by atoms with Gasteiger partial charge in [0.05, 0.1) is 0 Å². The van der Waals surface area contributed by atoms with Crippen molar-refractivity contribution >= 4 is 23.2 Å². The van der Waals surface area contributed by atoms with Crippen LogP contribution >= 0.6 is 11.3 Å². The summed E-state index contributed by atoms with van der Waals surface area (Å²) in [4.78, 5) is 25.8. The van der Waals surface area contributed by atoms with Crippen LogP contribution in [0.3, 0.4) is 0 Å². The van der Waals surface area contributed by atoms with Crippen molar-refractivity contribution in [3.63, 3.8) is 0 Å². The summed E-state index contributed by atoms with van der Waals surface area (Å²) in [6, 6.07) is 1.85. The minimum atomic E-state index is -0.438. The number of aryl methyl sites for hydroxylation is 1. The molecule has 0 aliphatic heterocycles. The first-order chi connectivity index (χ1) is 8.95. The minimum Gasteiger partial charge on any atom is -0.451 e. The average molecular weight is 281 g/mol. The van der Waals surface area contributed by atoms with Crippen LogP contribution in [0.15, 0.2) is 23.6 Å². The molecule has 0 aliphatic rings. The van der Waals surface area contributed by atoms with E-state index in [1.165, 1.54) is 11.3 Å². The standard InChI is InChI=1S/C14H19NO3S/c1-5-15(8-10(2)3)12(16)9-18-14(17)13-11(4)6-7-19-13/h6-7H,2,5,8-9H2,1,3-4H3. The summed E-state index contributed by atoms with van der Waals surface area (Å²) >= 11 is 1.32. The van der Waals surface area contributed by atoms with Gasteiger partial charge in [0.25, 0.3) is 5.91 Å². The monoisotopic (exact) mass is 281 g/mol. The van der Waals surface area contributed by atoms with Crippen LogP contribution < -0.4 is 0 Å². The van der Waals surface area contributed by atoms with E-state index in [2.05, 4.69) is 6.58 Å². The number of nitrogens with zero attached hydrogens (tertiary/aromatic N) is 1. The summed E-state index contributed by atoms with van der Waals surface area (Å²) < 4.78 is 5.04. The number of hydrogen-bond donors (Lipinski definition) is 0. The van der Waals surface area contributed by atoms with Crippen molar-refractivity contribution in [2.75, 3.05) is 19.7 Å². The molecule has 0 saturated heterocycles. The molecule has 0 saturated carbocycles. The lowest BCUT2D eigenvalue weighted by molar-refractivity contribution is -0.133. The number of hydrogen-bond acceptors (Lipinski definition) is 4. The molecule has 1 aromatic heterocycles. The minimum absolute atomic E-state index is 0.201. The highest BCUT2D eigenvalue weighted by molar-refractivity contribution is 7.12. The van der Waals surface area contributed by atoms with Crippen LogP contribution in [0.5, 0.6) is 0 Å². The highest BCUT2D eigenvalue weighted by atomic mass is 32.1. The lowest BCUT2D eigenvalue weighted by Crippen LogP contribution is -2.35. The Hall–Kier alpha value is -1.62. The van der Waals surface area contributed by atoms with Crippen LogP contribution in [0.2, 0.25) is 0 Å². The smallest absolute Gasteiger partial charge is 0.349 e. The van der Waals surface area contributed by atoms with Gasteiger partial charge in [-0.15, -0.1) is 11.3 Å². The molecule has 104 valence electrons. The number of amides is 1. The Bertz CT molecular complexity index is 479. The Labute approximate surface area is 117 Å². The van der Waals surface area contributed by atoms with Gasteiger partial charge in [0, 0.05) is 13.1 Å². The highest BCUT2D eigenvalue weighted by Crippen LogP contribution is 2.16. The Morgan fingerprint density at radius 3 is 2.63 bits per heavy atom. The van der Waals surface area contributed by atoms with Crippen molar-refractivity contribution in [2.45, 2.75) is 20.8 Å². The summed E-state index contributed by atoms with van der Waals surface area (Å²) in [5, 5.41) is 1.83. The topological polar surface area (TPSA) is 46.6 Å². The summed E-state index contributed by atoms with van der Waals surface area (Å²) in [5.41, 5.74) is 1.77. The van der Waals surface area contributed by atoms with Crippen molar-refractivity contribution in [1.29, 1.82) is 0 Å². The summed E-state index contributed by atoms with van der Waals surface area (Å²) in [6.07, 6.45) is 0. The van der Waals surface area contributed by atoms with Gasteiger partial charge < -0.3 is 9.64 Å². The normalized spacial score (nSPS) is 10.1. The Morgan fingerprint density at radius 1 is 1.47 bits per heavy atom. The van der Waals surface area contributed by atoms with E-state index in [9.17, 15) is 9.59 Å². The molecule has 5 heteroatoms. The molecule has 0 unspecified atom stereocenters. The Balaban J connectivity index is 2.52. The highest BCUT2D eigenvalue weighted by Gasteiger charge is 2.17. The quantitative estimate of drug-likeness (QED) is 0.595. The second-order valence-corrected chi connectivity index (χ2v) is 5.29. The first kappa shape index (κ1) is 15.4. The molecule has 4 nitrogen and oxygen atoms in total. The Kier molecular flexibility index (Phi) is 5.76. The van der Waals surface area contributed by atoms with Crippen molar-refractivity contribution in [3.05, 3.63) is 34.0 Å². The van der Waals surface area contributed by atoms with Crippen molar-refractivity contribution in [2.24, 2.45) is 0 Å². The second kappa shape index (κ2) is 7.09. The molecule has 0 aromatic carbocycles. The van der Waals surface area contributed by atoms with Gasteiger partial charge in [-0.1, -0.05) is 12.2 Å². The molecule has 0 fully saturated rings. The van der Waals surface area contributed by atoms with Crippen LogP contribution in [0.25, 0.3) is 0 Å². The van der Waals surface area contributed by atoms with Crippen LogP contribution in [0, 0.1) is 6.92 Å². The zero-order valence-electron chi connectivity index (χ0n) is 11.6. The third kappa shape index (κ3) is 4.52. The molecule has 0 atom stereocenters. The lowest BCUT2D eigenvalue weighted by Gasteiger charge is -2.20. The fourth-order valence-electron chi connectivity index (χ4n) is 1.57. The maximum atomic E-state index is 11.9. The van der Waals surface area contributed by atoms with E-state index in [4.69, 9.17) is 4.74 Å².